The molecule has 0 aliphatic carbocycles. The van der Waals surface area contributed by atoms with Crippen molar-refractivity contribution in [1.29, 1.82) is 0 Å². The van der Waals surface area contributed by atoms with E-state index in [9.17, 15) is 4.79 Å². The molecule has 74 valence electrons. The Morgan fingerprint density at radius 1 is 1.43 bits per heavy atom. The maximum Gasteiger partial charge on any atom is 0.307 e. The maximum atomic E-state index is 11.0. The Bertz CT molecular complexity index is 323. The number of carbonyl (C=O) groups excluding carboxylic acids is 1. The molecule has 1 saturated heterocycles. The van der Waals surface area contributed by atoms with Crippen LogP contribution >= 0.6 is 0 Å². The molecule has 3 heteroatoms. The molecule has 0 spiro atoms. The molecule has 1 aromatic carbocycles. The van der Waals surface area contributed by atoms with Crippen molar-refractivity contribution in [3.8, 4) is 0 Å². The van der Waals surface area contributed by atoms with Gasteiger partial charge >= 0.3 is 5.97 Å². The van der Waals surface area contributed by atoms with Crippen LogP contribution in [-0.2, 0) is 9.53 Å². The van der Waals surface area contributed by atoms with Crippen molar-refractivity contribution in [1.82, 2.24) is 5.32 Å². The molecule has 1 aliphatic rings. The molecule has 0 amide bonds. The van der Waals surface area contributed by atoms with E-state index in [1.165, 1.54) is 12.7 Å². The molecule has 14 heavy (non-hydrogen) atoms. The summed E-state index contributed by atoms with van der Waals surface area (Å²) in [5, 5.41) is 3.25. The van der Waals surface area contributed by atoms with Crippen molar-refractivity contribution in [3.63, 3.8) is 0 Å². The predicted octanol–water partition coefficient (Wildman–Crippen LogP) is 1.26. The van der Waals surface area contributed by atoms with E-state index < -0.39 is 0 Å². The van der Waals surface area contributed by atoms with Crippen molar-refractivity contribution in [2.45, 2.75) is 18.5 Å². The normalized spacial score (nSPS) is 24.4. The van der Waals surface area contributed by atoms with Crippen molar-refractivity contribution in [2.75, 3.05) is 7.11 Å². The van der Waals surface area contributed by atoms with E-state index >= 15 is 0 Å². The maximum absolute atomic E-state index is 11.0. The predicted molar refractivity (Wildman–Crippen MR) is 52.7 cm³/mol. The van der Waals surface area contributed by atoms with Gasteiger partial charge in [0.2, 0.25) is 0 Å². The lowest BCUT2D eigenvalue weighted by molar-refractivity contribution is -0.140. The molecule has 3 nitrogen and oxygen atoms in total. The van der Waals surface area contributed by atoms with Gasteiger partial charge in [0.05, 0.1) is 13.5 Å². The summed E-state index contributed by atoms with van der Waals surface area (Å²) >= 11 is 0. The molecular formula is C11H13NO2. The molecule has 1 fully saturated rings. The first-order valence-electron chi connectivity index (χ1n) is 4.69. The molecule has 0 unspecified atom stereocenters. The average Bonchev–Trinajstić information content (AvgIpc) is 2.98. The fourth-order valence-electron chi connectivity index (χ4n) is 1.60. The minimum absolute atomic E-state index is 0.152. The van der Waals surface area contributed by atoms with Crippen LogP contribution in [0.1, 0.15) is 18.0 Å². The van der Waals surface area contributed by atoms with Gasteiger partial charge in [0, 0.05) is 12.1 Å². The molecule has 1 heterocycles. The van der Waals surface area contributed by atoms with Gasteiger partial charge in [-0.3, -0.25) is 4.79 Å². The number of nitrogens with one attached hydrogen (secondary N) is 1. The molecule has 2 atom stereocenters. The minimum atomic E-state index is -0.152. The van der Waals surface area contributed by atoms with E-state index in [0.717, 1.165) is 0 Å². The number of ether oxygens (including phenoxy) is 1. The fourth-order valence-corrected chi connectivity index (χ4v) is 1.60. The quantitative estimate of drug-likeness (QED) is 0.578. The Hall–Kier alpha value is -1.35. The highest BCUT2D eigenvalue weighted by Gasteiger charge is 2.38. The van der Waals surface area contributed by atoms with Crippen LogP contribution < -0.4 is 5.32 Å². The molecule has 0 bridgehead atoms. The highest BCUT2D eigenvalue weighted by Crippen LogP contribution is 2.31. The number of rotatable bonds is 3. The largest absolute Gasteiger partial charge is 0.469 e. The standard InChI is InChI=1S/C11H13NO2/c1-14-10(13)7-9-11(12-9)8-5-3-2-4-6-8/h2-6,9,11-12H,7H2,1H3/t9-,11+/m1/s1. The van der Waals surface area contributed by atoms with Crippen LogP contribution in [0.5, 0.6) is 0 Å². The van der Waals surface area contributed by atoms with Crippen LogP contribution in [0, 0.1) is 0 Å². The summed E-state index contributed by atoms with van der Waals surface area (Å²) in [5.41, 5.74) is 1.24. The van der Waals surface area contributed by atoms with Crippen molar-refractivity contribution < 1.29 is 9.53 Å². The number of hydrogen-bond acceptors (Lipinski definition) is 3. The number of carbonyl (C=O) groups is 1. The van der Waals surface area contributed by atoms with Gasteiger partial charge in [-0.15, -0.1) is 0 Å². The van der Waals surface area contributed by atoms with Gasteiger partial charge < -0.3 is 10.1 Å². The second-order valence-corrected chi connectivity index (χ2v) is 3.44. The third-order valence-electron chi connectivity index (χ3n) is 2.46. The lowest BCUT2D eigenvalue weighted by Crippen LogP contribution is -2.05. The van der Waals surface area contributed by atoms with Gasteiger partial charge in [-0.05, 0) is 5.56 Å². The summed E-state index contributed by atoms with van der Waals surface area (Å²) < 4.78 is 4.61. The second kappa shape index (κ2) is 3.80. The van der Waals surface area contributed by atoms with E-state index in [-0.39, 0.29) is 12.0 Å². The van der Waals surface area contributed by atoms with Crippen molar-refractivity contribution >= 4 is 5.97 Å². The molecule has 0 aromatic heterocycles. The molecule has 1 N–H and O–H groups in total. The average molecular weight is 191 g/mol. The molecule has 2 rings (SSSR count). The fraction of sp³-hybridized carbons (Fsp3) is 0.364. The van der Waals surface area contributed by atoms with Crippen LogP contribution in [0.25, 0.3) is 0 Å². The topological polar surface area (TPSA) is 48.2 Å². The van der Waals surface area contributed by atoms with Gasteiger partial charge in [0.1, 0.15) is 0 Å². The Balaban J connectivity index is 1.91. The number of methoxy groups -OCH3 is 1. The Morgan fingerprint density at radius 3 is 2.79 bits per heavy atom. The van der Waals surface area contributed by atoms with Gasteiger partial charge in [0.15, 0.2) is 0 Å². The zero-order valence-corrected chi connectivity index (χ0v) is 8.07. The smallest absolute Gasteiger partial charge is 0.307 e. The zero-order valence-electron chi connectivity index (χ0n) is 8.07. The lowest BCUT2D eigenvalue weighted by atomic mass is 10.1. The lowest BCUT2D eigenvalue weighted by Gasteiger charge is -1.97. The number of esters is 1. The van der Waals surface area contributed by atoms with E-state index in [1.54, 1.807) is 0 Å². The first kappa shape index (κ1) is 9.21. The summed E-state index contributed by atoms with van der Waals surface area (Å²) in [4.78, 5) is 11.0. The molecule has 1 aromatic rings. The van der Waals surface area contributed by atoms with E-state index in [2.05, 4.69) is 22.2 Å². The van der Waals surface area contributed by atoms with Gasteiger partial charge in [-0.2, -0.15) is 0 Å². The van der Waals surface area contributed by atoms with Gasteiger partial charge in [-0.1, -0.05) is 30.3 Å². The van der Waals surface area contributed by atoms with E-state index in [0.29, 0.717) is 12.5 Å². The molecule has 0 saturated carbocycles. The summed E-state index contributed by atoms with van der Waals surface area (Å²) in [6, 6.07) is 10.7. The monoisotopic (exact) mass is 191 g/mol. The van der Waals surface area contributed by atoms with Crippen LogP contribution in [0.4, 0.5) is 0 Å². The van der Waals surface area contributed by atoms with Crippen molar-refractivity contribution in [3.05, 3.63) is 35.9 Å². The SMILES string of the molecule is COC(=O)C[C@H]1N[C@H]1c1ccccc1. The first-order chi connectivity index (χ1) is 6.81. The summed E-state index contributed by atoms with van der Waals surface area (Å²) in [7, 11) is 1.42. The van der Waals surface area contributed by atoms with Gasteiger partial charge in [-0.25, -0.2) is 0 Å². The number of hydrogen-bond donors (Lipinski definition) is 1. The second-order valence-electron chi connectivity index (χ2n) is 3.44. The van der Waals surface area contributed by atoms with Crippen LogP contribution in [-0.4, -0.2) is 19.1 Å². The summed E-state index contributed by atoms with van der Waals surface area (Å²) in [6.07, 6.45) is 0.454. The van der Waals surface area contributed by atoms with Crippen molar-refractivity contribution in [2.24, 2.45) is 0 Å². The van der Waals surface area contributed by atoms with Gasteiger partial charge in [0.25, 0.3) is 0 Å². The highest BCUT2D eigenvalue weighted by atomic mass is 16.5. The minimum Gasteiger partial charge on any atom is -0.469 e. The number of benzene rings is 1. The van der Waals surface area contributed by atoms with Crippen LogP contribution in [0.15, 0.2) is 30.3 Å². The molecule has 1 aliphatic heterocycles. The Morgan fingerprint density at radius 2 is 2.14 bits per heavy atom. The summed E-state index contributed by atoms with van der Waals surface area (Å²) in [5.74, 6) is -0.152. The third-order valence-corrected chi connectivity index (χ3v) is 2.46. The van der Waals surface area contributed by atoms with E-state index in [4.69, 9.17) is 0 Å². The molecule has 0 radical (unpaired) electrons. The van der Waals surface area contributed by atoms with Crippen LogP contribution in [0.3, 0.4) is 0 Å². The summed E-state index contributed by atoms with van der Waals surface area (Å²) in [6.45, 7) is 0. The Kier molecular flexibility index (Phi) is 2.50. The zero-order chi connectivity index (χ0) is 9.97. The van der Waals surface area contributed by atoms with Crippen LogP contribution in [0.2, 0.25) is 0 Å². The van der Waals surface area contributed by atoms with E-state index in [1.807, 2.05) is 18.2 Å². The highest BCUT2D eigenvalue weighted by molar-refractivity contribution is 5.70. The Labute approximate surface area is 83.1 Å². The first-order valence-corrected chi connectivity index (χ1v) is 4.69. The third kappa shape index (κ3) is 1.93. The molecular weight excluding hydrogens is 178 g/mol.